The van der Waals surface area contributed by atoms with Gasteiger partial charge >= 0.3 is 0 Å². The number of rotatable bonds is 5. The minimum atomic E-state index is 0.0575. The van der Waals surface area contributed by atoms with E-state index >= 15 is 0 Å². The average molecular weight is 250 g/mol. The molecule has 2 rings (SSSR count). The molecule has 0 aromatic heterocycles. The van der Waals surface area contributed by atoms with Gasteiger partial charge in [-0.3, -0.25) is 0 Å². The van der Waals surface area contributed by atoms with Gasteiger partial charge in [0.25, 0.3) is 0 Å². The lowest BCUT2D eigenvalue weighted by molar-refractivity contribution is 0.171. The van der Waals surface area contributed by atoms with Gasteiger partial charge < -0.3 is 20.5 Å². The molecule has 0 fully saturated rings. The van der Waals surface area contributed by atoms with E-state index < -0.39 is 0 Å². The van der Waals surface area contributed by atoms with Gasteiger partial charge in [0.2, 0.25) is 0 Å². The molecule has 1 aliphatic rings. The summed E-state index contributed by atoms with van der Waals surface area (Å²) in [4.78, 5) is 0. The van der Waals surface area contributed by atoms with Crippen molar-refractivity contribution in [2.45, 2.75) is 32.4 Å². The summed E-state index contributed by atoms with van der Waals surface area (Å²) in [5.41, 5.74) is 6.85. The summed E-state index contributed by atoms with van der Waals surface area (Å²) in [5, 5.41) is 3.51. The first-order valence-electron chi connectivity index (χ1n) is 6.44. The van der Waals surface area contributed by atoms with Crippen molar-refractivity contribution in [3.63, 3.8) is 0 Å². The number of hydrogen-bond acceptors (Lipinski definition) is 4. The zero-order chi connectivity index (χ0) is 13.0. The van der Waals surface area contributed by atoms with E-state index in [4.69, 9.17) is 15.2 Å². The molecule has 4 nitrogen and oxygen atoms in total. The molecule has 0 atom stereocenters. The van der Waals surface area contributed by atoms with Gasteiger partial charge in [-0.15, -0.1) is 0 Å². The Bertz CT molecular complexity index is 405. The van der Waals surface area contributed by atoms with Gasteiger partial charge in [0.1, 0.15) is 13.2 Å². The van der Waals surface area contributed by atoms with Crippen molar-refractivity contribution in [2.24, 2.45) is 5.73 Å². The SMILES string of the molecule is CC(C)(CCN)NCc1ccc2c(c1)OCCO2. The molecule has 18 heavy (non-hydrogen) atoms. The summed E-state index contributed by atoms with van der Waals surface area (Å²) in [7, 11) is 0. The Labute approximate surface area is 108 Å². The molecule has 0 saturated carbocycles. The molecule has 100 valence electrons. The summed E-state index contributed by atoms with van der Waals surface area (Å²) in [5.74, 6) is 1.68. The summed E-state index contributed by atoms with van der Waals surface area (Å²) < 4.78 is 11.1. The highest BCUT2D eigenvalue weighted by atomic mass is 16.6. The lowest BCUT2D eigenvalue weighted by Crippen LogP contribution is -2.40. The first-order chi connectivity index (χ1) is 8.61. The van der Waals surface area contributed by atoms with E-state index in [0.29, 0.717) is 19.8 Å². The van der Waals surface area contributed by atoms with Crippen molar-refractivity contribution < 1.29 is 9.47 Å². The average Bonchev–Trinajstić information content (AvgIpc) is 2.36. The van der Waals surface area contributed by atoms with Crippen LogP contribution in [-0.4, -0.2) is 25.3 Å². The second-order valence-corrected chi connectivity index (χ2v) is 5.25. The van der Waals surface area contributed by atoms with E-state index in [1.807, 2.05) is 12.1 Å². The molecule has 1 aliphatic heterocycles. The second kappa shape index (κ2) is 5.59. The van der Waals surface area contributed by atoms with Gasteiger partial charge in [0.15, 0.2) is 11.5 Å². The predicted octanol–water partition coefficient (Wildman–Crippen LogP) is 1.67. The quantitative estimate of drug-likeness (QED) is 0.834. The minimum absolute atomic E-state index is 0.0575. The molecule has 1 aromatic carbocycles. The van der Waals surface area contributed by atoms with Crippen molar-refractivity contribution in [3.8, 4) is 11.5 Å². The van der Waals surface area contributed by atoms with Crippen LogP contribution in [0.5, 0.6) is 11.5 Å². The largest absolute Gasteiger partial charge is 0.486 e. The monoisotopic (exact) mass is 250 g/mol. The van der Waals surface area contributed by atoms with Crippen molar-refractivity contribution in [3.05, 3.63) is 23.8 Å². The topological polar surface area (TPSA) is 56.5 Å². The van der Waals surface area contributed by atoms with Crippen LogP contribution >= 0.6 is 0 Å². The summed E-state index contributed by atoms with van der Waals surface area (Å²) in [6, 6.07) is 6.08. The fourth-order valence-corrected chi connectivity index (χ4v) is 1.99. The van der Waals surface area contributed by atoms with E-state index in [-0.39, 0.29) is 5.54 Å². The smallest absolute Gasteiger partial charge is 0.161 e. The van der Waals surface area contributed by atoms with Crippen LogP contribution in [-0.2, 0) is 6.54 Å². The molecular formula is C14H22N2O2. The number of nitrogens with one attached hydrogen (secondary N) is 1. The molecule has 0 bridgehead atoms. The summed E-state index contributed by atoms with van der Waals surface area (Å²) >= 11 is 0. The van der Waals surface area contributed by atoms with Crippen molar-refractivity contribution in [2.75, 3.05) is 19.8 Å². The number of ether oxygens (including phenoxy) is 2. The third kappa shape index (κ3) is 3.37. The fraction of sp³-hybridized carbons (Fsp3) is 0.571. The van der Waals surface area contributed by atoms with Crippen LogP contribution in [0, 0.1) is 0 Å². The highest BCUT2D eigenvalue weighted by Gasteiger charge is 2.16. The fourth-order valence-electron chi connectivity index (χ4n) is 1.99. The van der Waals surface area contributed by atoms with E-state index in [0.717, 1.165) is 24.5 Å². The normalized spacial score (nSPS) is 14.6. The van der Waals surface area contributed by atoms with Crippen molar-refractivity contribution >= 4 is 0 Å². The summed E-state index contributed by atoms with van der Waals surface area (Å²) in [6.45, 7) is 7.09. The Kier molecular flexibility index (Phi) is 4.09. The molecule has 3 N–H and O–H groups in total. The molecule has 0 amide bonds. The van der Waals surface area contributed by atoms with Crippen LogP contribution in [0.3, 0.4) is 0 Å². The van der Waals surface area contributed by atoms with Gasteiger partial charge in [-0.1, -0.05) is 6.07 Å². The lowest BCUT2D eigenvalue weighted by Gasteiger charge is -2.26. The van der Waals surface area contributed by atoms with E-state index in [1.54, 1.807) is 0 Å². The number of nitrogens with two attached hydrogens (primary N) is 1. The molecule has 4 heteroatoms. The van der Waals surface area contributed by atoms with E-state index in [2.05, 4.69) is 25.2 Å². The van der Waals surface area contributed by atoms with Gasteiger partial charge in [-0.05, 0) is 44.5 Å². The van der Waals surface area contributed by atoms with Gasteiger partial charge in [-0.2, -0.15) is 0 Å². The molecule has 0 aliphatic carbocycles. The molecule has 1 aromatic rings. The van der Waals surface area contributed by atoms with Crippen LogP contribution < -0.4 is 20.5 Å². The van der Waals surface area contributed by atoms with Crippen molar-refractivity contribution in [1.82, 2.24) is 5.32 Å². The van der Waals surface area contributed by atoms with Gasteiger partial charge in [0, 0.05) is 12.1 Å². The number of hydrogen-bond donors (Lipinski definition) is 2. The second-order valence-electron chi connectivity index (χ2n) is 5.25. The zero-order valence-electron chi connectivity index (χ0n) is 11.2. The molecule has 0 saturated heterocycles. The van der Waals surface area contributed by atoms with E-state index in [1.165, 1.54) is 5.56 Å². The van der Waals surface area contributed by atoms with Crippen LogP contribution in [0.15, 0.2) is 18.2 Å². The minimum Gasteiger partial charge on any atom is -0.486 e. The van der Waals surface area contributed by atoms with Gasteiger partial charge in [0.05, 0.1) is 0 Å². The first-order valence-corrected chi connectivity index (χ1v) is 6.44. The third-order valence-electron chi connectivity index (χ3n) is 3.15. The Morgan fingerprint density at radius 2 is 1.94 bits per heavy atom. The zero-order valence-corrected chi connectivity index (χ0v) is 11.2. The highest BCUT2D eigenvalue weighted by Crippen LogP contribution is 2.30. The Morgan fingerprint density at radius 1 is 1.22 bits per heavy atom. The Balaban J connectivity index is 1.98. The molecular weight excluding hydrogens is 228 g/mol. The number of benzene rings is 1. The maximum absolute atomic E-state index is 5.60. The molecule has 0 unspecified atom stereocenters. The maximum atomic E-state index is 5.60. The van der Waals surface area contributed by atoms with E-state index in [9.17, 15) is 0 Å². The maximum Gasteiger partial charge on any atom is 0.161 e. The van der Waals surface area contributed by atoms with Crippen LogP contribution in [0.1, 0.15) is 25.8 Å². The first kappa shape index (κ1) is 13.2. The molecule has 1 heterocycles. The van der Waals surface area contributed by atoms with Crippen molar-refractivity contribution in [1.29, 1.82) is 0 Å². The number of fused-ring (bicyclic) bond motifs is 1. The highest BCUT2D eigenvalue weighted by molar-refractivity contribution is 5.43. The lowest BCUT2D eigenvalue weighted by atomic mass is 10.0. The summed E-state index contributed by atoms with van der Waals surface area (Å²) in [6.07, 6.45) is 0.956. The Hall–Kier alpha value is -1.26. The van der Waals surface area contributed by atoms with Crippen LogP contribution in [0.25, 0.3) is 0 Å². The van der Waals surface area contributed by atoms with Crippen LogP contribution in [0.4, 0.5) is 0 Å². The van der Waals surface area contributed by atoms with Gasteiger partial charge in [-0.25, -0.2) is 0 Å². The third-order valence-corrected chi connectivity index (χ3v) is 3.15. The standard InChI is InChI=1S/C14H22N2O2/c1-14(2,5-6-15)16-10-11-3-4-12-13(9-11)18-8-7-17-12/h3-4,9,16H,5-8,10,15H2,1-2H3. The molecule has 0 spiro atoms. The predicted molar refractivity (Wildman–Crippen MR) is 72.0 cm³/mol. The van der Waals surface area contributed by atoms with Crippen LogP contribution in [0.2, 0.25) is 0 Å². The Morgan fingerprint density at radius 3 is 2.67 bits per heavy atom. The molecule has 0 radical (unpaired) electrons.